The SMILES string of the molecule is COC(=O)c1cnc(N2CC(CN3CCN(C(=O)OC(C)(C)C)CC3)C2)cn1. The van der Waals surface area contributed by atoms with E-state index < -0.39 is 11.6 Å². The quantitative estimate of drug-likeness (QED) is 0.709. The van der Waals surface area contributed by atoms with Gasteiger partial charge in [-0.15, -0.1) is 0 Å². The number of carbonyl (C=O) groups is 2. The predicted molar refractivity (Wildman–Crippen MR) is 103 cm³/mol. The Kier molecular flexibility index (Phi) is 6.02. The fourth-order valence-electron chi connectivity index (χ4n) is 3.37. The molecule has 154 valence electrons. The second-order valence-electron chi connectivity index (χ2n) is 8.29. The average Bonchev–Trinajstić information content (AvgIpc) is 2.63. The number of nitrogens with zero attached hydrogens (tertiary/aromatic N) is 5. The smallest absolute Gasteiger partial charge is 0.410 e. The van der Waals surface area contributed by atoms with Crippen molar-refractivity contribution in [2.24, 2.45) is 5.92 Å². The molecule has 0 radical (unpaired) electrons. The van der Waals surface area contributed by atoms with Crippen molar-refractivity contribution in [3.8, 4) is 0 Å². The summed E-state index contributed by atoms with van der Waals surface area (Å²) in [5.41, 5.74) is -0.243. The molecule has 2 aliphatic heterocycles. The number of anilines is 1. The molecule has 2 saturated heterocycles. The zero-order valence-electron chi connectivity index (χ0n) is 17.1. The van der Waals surface area contributed by atoms with E-state index in [4.69, 9.17) is 4.74 Å². The van der Waals surface area contributed by atoms with Crippen LogP contribution < -0.4 is 4.90 Å². The van der Waals surface area contributed by atoms with Gasteiger partial charge in [-0.1, -0.05) is 0 Å². The molecule has 9 nitrogen and oxygen atoms in total. The van der Waals surface area contributed by atoms with Crippen molar-refractivity contribution in [2.45, 2.75) is 26.4 Å². The largest absolute Gasteiger partial charge is 0.464 e. The lowest BCUT2D eigenvalue weighted by molar-refractivity contribution is 0.0129. The van der Waals surface area contributed by atoms with E-state index in [1.165, 1.54) is 13.3 Å². The summed E-state index contributed by atoms with van der Waals surface area (Å²) in [6.07, 6.45) is 2.84. The highest BCUT2D eigenvalue weighted by molar-refractivity contribution is 5.86. The van der Waals surface area contributed by atoms with Gasteiger partial charge in [0.1, 0.15) is 11.4 Å². The van der Waals surface area contributed by atoms with Crippen LogP contribution in [0.25, 0.3) is 0 Å². The van der Waals surface area contributed by atoms with Gasteiger partial charge in [0.15, 0.2) is 5.69 Å². The Hall–Kier alpha value is -2.42. The maximum absolute atomic E-state index is 12.1. The molecule has 0 unspecified atom stereocenters. The molecule has 2 fully saturated rings. The molecule has 2 aliphatic rings. The Balaban J connectivity index is 1.39. The van der Waals surface area contributed by atoms with E-state index in [0.717, 1.165) is 38.5 Å². The number of carbonyl (C=O) groups excluding carboxylic acids is 2. The van der Waals surface area contributed by atoms with Crippen LogP contribution in [0.15, 0.2) is 12.4 Å². The monoisotopic (exact) mass is 391 g/mol. The van der Waals surface area contributed by atoms with E-state index in [0.29, 0.717) is 19.0 Å². The van der Waals surface area contributed by atoms with Crippen LogP contribution in [0.2, 0.25) is 0 Å². The van der Waals surface area contributed by atoms with Crippen LogP contribution >= 0.6 is 0 Å². The molecule has 3 heterocycles. The maximum Gasteiger partial charge on any atom is 0.410 e. The zero-order chi connectivity index (χ0) is 20.3. The van der Waals surface area contributed by atoms with Crippen molar-refractivity contribution in [1.82, 2.24) is 19.8 Å². The molecule has 1 aromatic rings. The van der Waals surface area contributed by atoms with Crippen LogP contribution in [-0.2, 0) is 9.47 Å². The minimum atomic E-state index is -0.481. The number of rotatable bonds is 4. The molecule has 0 atom stereocenters. The van der Waals surface area contributed by atoms with Crippen molar-refractivity contribution in [2.75, 3.05) is 57.8 Å². The van der Waals surface area contributed by atoms with Crippen molar-refractivity contribution >= 4 is 17.9 Å². The molecule has 0 saturated carbocycles. The van der Waals surface area contributed by atoms with Crippen molar-refractivity contribution < 1.29 is 19.1 Å². The lowest BCUT2D eigenvalue weighted by Gasteiger charge is -2.44. The molecule has 1 amide bonds. The van der Waals surface area contributed by atoms with Crippen LogP contribution in [-0.4, -0.2) is 90.4 Å². The average molecular weight is 391 g/mol. The molecule has 0 spiro atoms. The lowest BCUT2D eigenvalue weighted by Crippen LogP contribution is -2.56. The topological polar surface area (TPSA) is 88.1 Å². The van der Waals surface area contributed by atoms with E-state index in [-0.39, 0.29) is 11.8 Å². The van der Waals surface area contributed by atoms with Crippen molar-refractivity contribution in [3.05, 3.63) is 18.1 Å². The van der Waals surface area contributed by atoms with Crippen LogP contribution in [0.1, 0.15) is 31.3 Å². The van der Waals surface area contributed by atoms with Crippen molar-refractivity contribution in [3.63, 3.8) is 0 Å². The fraction of sp³-hybridized carbons (Fsp3) is 0.684. The summed E-state index contributed by atoms with van der Waals surface area (Å²) >= 11 is 0. The van der Waals surface area contributed by atoms with Gasteiger partial charge in [0.2, 0.25) is 0 Å². The summed E-state index contributed by atoms with van der Waals surface area (Å²) < 4.78 is 10.1. The fourth-order valence-corrected chi connectivity index (χ4v) is 3.37. The minimum absolute atomic E-state index is 0.214. The molecular formula is C19H29N5O4. The number of hydrogen-bond donors (Lipinski definition) is 0. The second-order valence-corrected chi connectivity index (χ2v) is 8.29. The molecule has 1 aromatic heterocycles. The van der Waals surface area contributed by atoms with E-state index >= 15 is 0 Å². The first kappa shape index (κ1) is 20.3. The summed E-state index contributed by atoms with van der Waals surface area (Å²) in [5.74, 6) is 0.861. The Morgan fingerprint density at radius 1 is 1.11 bits per heavy atom. The van der Waals surface area contributed by atoms with Gasteiger partial charge in [0, 0.05) is 51.7 Å². The first-order chi connectivity index (χ1) is 13.2. The Bertz CT molecular complexity index is 689. The zero-order valence-corrected chi connectivity index (χ0v) is 17.1. The summed E-state index contributed by atoms with van der Waals surface area (Å²) in [6, 6.07) is 0. The third-order valence-electron chi connectivity index (χ3n) is 4.85. The highest BCUT2D eigenvalue weighted by Gasteiger charge is 2.32. The normalized spacial score (nSPS) is 18.6. The van der Waals surface area contributed by atoms with Gasteiger partial charge in [0.05, 0.1) is 19.5 Å². The van der Waals surface area contributed by atoms with Crippen LogP contribution in [0.5, 0.6) is 0 Å². The van der Waals surface area contributed by atoms with Gasteiger partial charge < -0.3 is 19.3 Å². The molecule has 28 heavy (non-hydrogen) atoms. The van der Waals surface area contributed by atoms with E-state index in [1.807, 2.05) is 20.8 Å². The number of methoxy groups -OCH3 is 1. The molecule has 0 aliphatic carbocycles. The van der Waals surface area contributed by atoms with E-state index in [1.54, 1.807) is 11.1 Å². The standard InChI is InChI=1S/C19H29N5O4/c1-19(2,3)28-18(26)23-7-5-22(6-8-23)11-14-12-24(13-14)16-10-20-15(9-21-16)17(25)27-4/h9-10,14H,5-8,11-13H2,1-4H3. The molecular weight excluding hydrogens is 362 g/mol. The first-order valence-electron chi connectivity index (χ1n) is 9.61. The highest BCUT2D eigenvalue weighted by atomic mass is 16.6. The summed E-state index contributed by atoms with van der Waals surface area (Å²) in [6.45, 7) is 11.6. The summed E-state index contributed by atoms with van der Waals surface area (Å²) in [5, 5.41) is 0. The second kappa shape index (κ2) is 8.30. The van der Waals surface area contributed by atoms with Gasteiger partial charge in [-0.2, -0.15) is 0 Å². The molecule has 0 N–H and O–H groups in total. The Morgan fingerprint density at radius 2 is 1.79 bits per heavy atom. The summed E-state index contributed by atoms with van der Waals surface area (Å²) in [7, 11) is 1.32. The van der Waals surface area contributed by atoms with Gasteiger partial charge in [-0.05, 0) is 20.8 Å². The number of piperazine rings is 1. The third kappa shape index (κ3) is 5.09. The number of aromatic nitrogens is 2. The Morgan fingerprint density at radius 3 is 2.32 bits per heavy atom. The van der Waals surface area contributed by atoms with Gasteiger partial charge in [-0.3, -0.25) is 4.90 Å². The van der Waals surface area contributed by atoms with Crippen LogP contribution in [0, 0.1) is 5.92 Å². The van der Waals surface area contributed by atoms with Gasteiger partial charge in [0.25, 0.3) is 0 Å². The lowest BCUT2D eigenvalue weighted by atomic mass is 9.99. The highest BCUT2D eigenvalue weighted by Crippen LogP contribution is 2.23. The first-order valence-corrected chi connectivity index (χ1v) is 9.61. The van der Waals surface area contributed by atoms with E-state index in [2.05, 4.69) is 24.5 Å². The number of amides is 1. The third-order valence-corrected chi connectivity index (χ3v) is 4.85. The minimum Gasteiger partial charge on any atom is -0.464 e. The molecule has 0 bridgehead atoms. The molecule has 3 rings (SSSR count). The summed E-state index contributed by atoms with van der Waals surface area (Å²) in [4.78, 5) is 38.3. The molecule has 0 aromatic carbocycles. The number of esters is 1. The number of ether oxygens (including phenoxy) is 2. The molecule has 9 heteroatoms. The van der Waals surface area contributed by atoms with Crippen LogP contribution in [0.4, 0.5) is 10.6 Å². The maximum atomic E-state index is 12.1. The predicted octanol–water partition coefficient (Wildman–Crippen LogP) is 1.25. The van der Waals surface area contributed by atoms with Crippen molar-refractivity contribution in [1.29, 1.82) is 0 Å². The van der Waals surface area contributed by atoms with Gasteiger partial charge in [-0.25, -0.2) is 19.6 Å². The van der Waals surface area contributed by atoms with E-state index in [9.17, 15) is 9.59 Å². The van der Waals surface area contributed by atoms with Crippen LogP contribution in [0.3, 0.4) is 0 Å². The Labute approximate surface area is 165 Å². The number of hydrogen-bond acceptors (Lipinski definition) is 8. The van der Waals surface area contributed by atoms with Gasteiger partial charge >= 0.3 is 12.1 Å².